The van der Waals surface area contributed by atoms with Gasteiger partial charge in [0.15, 0.2) is 0 Å². The molecule has 1 saturated carbocycles. The lowest BCUT2D eigenvalue weighted by molar-refractivity contribution is -0.127. The first-order valence-corrected chi connectivity index (χ1v) is 7.31. The normalized spacial score (nSPS) is 22.5. The summed E-state index contributed by atoms with van der Waals surface area (Å²) < 4.78 is 5.38. The Balaban J connectivity index is 1.67. The van der Waals surface area contributed by atoms with Gasteiger partial charge in [-0.25, -0.2) is 0 Å². The minimum atomic E-state index is -0.209. The summed E-state index contributed by atoms with van der Waals surface area (Å²) in [6, 6.07) is 7.58. The highest BCUT2D eigenvalue weighted by molar-refractivity contribution is 6.31. The maximum absolute atomic E-state index is 11.7. The van der Waals surface area contributed by atoms with Crippen LogP contribution in [-0.4, -0.2) is 29.8 Å². The van der Waals surface area contributed by atoms with E-state index in [1.807, 2.05) is 18.2 Å². The van der Waals surface area contributed by atoms with Gasteiger partial charge in [0, 0.05) is 11.1 Å². The second-order valence-corrected chi connectivity index (χ2v) is 5.56. The largest absolute Gasteiger partial charge is 0.393 e. The molecule has 20 heavy (non-hydrogen) atoms. The molecule has 5 heteroatoms. The highest BCUT2D eigenvalue weighted by Gasteiger charge is 2.20. The molecule has 1 aliphatic rings. The third-order valence-electron chi connectivity index (χ3n) is 3.51. The van der Waals surface area contributed by atoms with Crippen LogP contribution in [0.4, 0.5) is 0 Å². The molecule has 1 aromatic carbocycles. The second-order valence-electron chi connectivity index (χ2n) is 5.16. The van der Waals surface area contributed by atoms with Crippen molar-refractivity contribution in [2.75, 3.05) is 6.61 Å². The van der Waals surface area contributed by atoms with Gasteiger partial charge in [0.1, 0.15) is 6.61 Å². The SMILES string of the molecule is O=C(COCc1ccccc1Cl)NC1CCC(O)CC1. The number of hydrogen-bond donors (Lipinski definition) is 2. The number of nitrogens with one attached hydrogen (secondary N) is 1. The van der Waals surface area contributed by atoms with Gasteiger partial charge in [-0.15, -0.1) is 0 Å². The predicted molar refractivity (Wildman–Crippen MR) is 77.5 cm³/mol. The van der Waals surface area contributed by atoms with Crippen molar-refractivity contribution in [2.24, 2.45) is 0 Å². The fraction of sp³-hybridized carbons (Fsp3) is 0.533. The summed E-state index contributed by atoms with van der Waals surface area (Å²) in [4.78, 5) is 11.7. The predicted octanol–water partition coefficient (Wildman–Crippen LogP) is 2.28. The van der Waals surface area contributed by atoms with Crippen molar-refractivity contribution in [3.05, 3.63) is 34.9 Å². The van der Waals surface area contributed by atoms with Crippen molar-refractivity contribution in [3.8, 4) is 0 Å². The number of aliphatic hydroxyl groups is 1. The molecule has 0 saturated heterocycles. The van der Waals surface area contributed by atoms with Crippen molar-refractivity contribution < 1.29 is 14.6 Å². The first-order valence-electron chi connectivity index (χ1n) is 6.93. The summed E-state index contributed by atoms with van der Waals surface area (Å²) in [5.41, 5.74) is 0.878. The number of benzene rings is 1. The van der Waals surface area contributed by atoms with E-state index < -0.39 is 0 Å². The number of amides is 1. The van der Waals surface area contributed by atoms with Crippen LogP contribution in [0.1, 0.15) is 31.2 Å². The van der Waals surface area contributed by atoms with E-state index >= 15 is 0 Å². The summed E-state index contributed by atoms with van der Waals surface area (Å²) >= 11 is 6.00. The fourth-order valence-electron chi connectivity index (χ4n) is 2.36. The number of aliphatic hydroxyl groups excluding tert-OH is 1. The van der Waals surface area contributed by atoms with Crippen molar-refractivity contribution in [1.29, 1.82) is 0 Å². The monoisotopic (exact) mass is 297 g/mol. The molecule has 0 unspecified atom stereocenters. The van der Waals surface area contributed by atoms with Gasteiger partial charge in [0.05, 0.1) is 12.7 Å². The first-order chi connectivity index (χ1) is 9.65. The van der Waals surface area contributed by atoms with Crippen LogP contribution in [0, 0.1) is 0 Å². The highest BCUT2D eigenvalue weighted by Crippen LogP contribution is 2.18. The lowest BCUT2D eigenvalue weighted by Gasteiger charge is -2.26. The fourth-order valence-corrected chi connectivity index (χ4v) is 2.55. The molecule has 4 nitrogen and oxygen atoms in total. The number of hydrogen-bond acceptors (Lipinski definition) is 3. The highest BCUT2D eigenvalue weighted by atomic mass is 35.5. The molecule has 0 atom stereocenters. The molecule has 0 spiro atoms. The van der Waals surface area contributed by atoms with Crippen molar-refractivity contribution in [2.45, 2.75) is 44.4 Å². The zero-order chi connectivity index (χ0) is 14.4. The quantitative estimate of drug-likeness (QED) is 0.876. The summed E-state index contributed by atoms with van der Waals surface area (Å²) in [7, 11) is 0. The molecular weight excluding hydrogens is 278 g/mol. The van der Waals surface area contributed by atoms with Crippen molar-refractivity contribution >= 4 is 17.5 Å². The average molecular weight is 298 g/mol. The Morgan fingerprint density at radius 2 is 2.00 bits per heavy atom. The zero-order valence-corrected chi connectivity index (χ0v) is 12.1. The van der Waals surface area contributed by atoms with Gasteiger partial charge in [0.2, 0.25) is 5.91 Å². The molecule has 0 aliphatic heterocycles. The summed E-state index contributed by atoms with van der Waals surface area (Å²) in [5.74, 6) is -0.113. The lowest BCUT2D eigenvalue weighted by atomic mass is 9.93. The molecule has 1 aromatic rings. The molecule has 1 aliphatic carbocycles. The Labute approximate surface area is 124 Å². The average Bonchev–Trinajstić information content (AvgIpc) is 2.43. The summed E-state index contributed by atoms with van der Waals surface area (Å²) in [6.45, 7) is 0.362. The van der Waals surface area contributed by atoms with Crippen LogP contribution in [0.2, 0.25) is 5.02 Å². The third-order valence-corrected chi connectivity index (χ3v) is 3.88. The van der Waals surface area contributed by atoms with E-state index in [2.05, 4.69) is 5.32 Å². The van der Waals surface area contributed by atoms with Crippen LogP contribution in [0.15, 0.2) is 24.3 Å². The van der Waals surface area contributed by atoms with E-state index in [4.69, 9.17) is 16.3 Å². The van der Waals surface area contributed by atoms with E-state index in [9.17, 15) is 9.90 Å². The van der Waals surface area contributed by atoms with E-state index in [0.717, 1.165) is 31.2 Å². The molecule has 1 amide bonds. The minimum absolute atomic E-state index is 0.0320. The standard InChI is InChI=1S/C15H20ClNO3/c16-14-4-2-1-3-11(14)9-20-10-15(19)17-12-5-7-13(18)8-6-12/h1-4,12-13,18H,5-10H2,(H,17,19). The minimum Gasteiger partial charge on any atom is -0.393 e. The van der Waals surface area contributed by atoms with E-state index in [1.165, 1.54) is 0 Å². The van der Waals surface area contributed by atoms with Crippen LogP contribution >= 0.6 is 11.6 Å². The van der Waals surface area contributed by atoms with Crippen molar-refractivity contribution in [3.63, 3.8) is 0 Å². The third kappa shape index (κ3) is 4.78. The van der Waals surface area contributed by atoms with Gasteiger partial charge >= 0.3 is 0 Å². The molecule has 2 rings (SSSR count). The van der Waals surface area contributed by atoms with Crippen LogP contribution in [0.3, 0.4) is 0 Å². The Hall–Kier alpha value is -1.10. The van der Waals surface area contributed by atoms with Crippen LogP contribution < -0.4 is 5.32 Å². The van der Waals surface area contributed by atoms with Gasteiger partial charge in [-0.1, -0.05) is 29.8 Å². The molecular formula is C15H20ClNO3. The van der Waals surface area contributed by atoms with Gasteiger partial charge in [-0.3, -0.25) is 4.79 Å². The molecule has 0 bridgehead atoms. The Morgan fingerprint density at radius 1 is 1.30 bits per heavy atom. The molecule has 2 N–H and O–H groups in total. The van der Waals surface area contributed by atoms with E-state index in [-0.39, 0.29) is 24.7 Å². The summed E-state index contributed by atoms with van der Waals surface area (Å²) in [6.07, 6.45) is 2.96. The summed E-state index contributed by atoms with van der Waals surface area (Å²) in [5, 5.41) is 13.0. The number of rotatable bonds is 5. The van der Waals surface area contributed by atoms with Crippen LogP contribution in [0.25, 0.3) is 0 Å². The Morgan fingerprint density at radius 3 is 2.70 bits per heavy atom. The lowest BCUT2D eigenvalue weighted by Crippen LogP contribution is -2.40. The van der Waals surface area contributed by atoms with Crippen LogP contribution in [-0.2, 0) is 16.1 Å². The van der Waals surface area contributed by atoms with E-state index in [1.54, 1.807) is 6.07 Å². The van der Waals surface area contributed by atoms with Gasteiger partial charge < -0.3 is 15.2 Å². The maximum Gasteiger partial charge on any atom is 0.246 e. The van der Waals surface area contributed by atoms with E-state index in [0.29, 0.717) is 11.6 Å². The number of carbonyl (C=O) groups excluding carboxylic acids is 1. The molecule has 1 fully saturated rings. The Bertz CT molecular complexity index is 444. The Kier molecular flexibility index (Phi) is 5.83. The molecule has 0 heterocycles. The zero-order valence-electron chi connectivity index (χ0n) is 11.3. The molecule has 0 radical (unpaired) electrons. The maximum atomic E-state index is 11.7. The number of carbonyl (C=O) groups is 1. The van der Waals surface area contributed by atoms with Gasteiger partial charge in [0.25, 0.3) is 0 Å². The smallest absolute Gasteiger partial charge is 0.246 e. The second kappa shape index (κ2) is 7.62. The molecule has 0 aromatic heterocycles. The van der Waals surface area contributed by atoms with Gasteiger partial charge in [-0.05, 0) is 37.3 Å². The topological polar surface area (TPSA) is 58.6 Å². The first kappa shape index (κ1) is 15.3. The number of ether oxygens (including phenoxy) is 1. The number of halogens is 1. The van der Waals surface area contributed by atoms with Gasteiger partial charge in [-0.2, -0.15) is 0 Å². The van der Waals surface area contributed by atoms with Crippen molar-refractivity contribution in [1.82, 2.24) is 5.32 Å². The van der Waals surface area contributed by atoms with Crippen LogP contribution in [0.5, 0.6) is 0 Å². The molecule has 110 valence electrons.